The molecule has 0 unspecified atom stereocenters. The van der Waals surface area contributed by atoms with Gasteiger partial charge in [0.15, 0.2) is 5.69 Å². The monoisotopic (exact) mass is 391 g/mol. The first-order valence-electron chi connectivity index (χ1n) is 8.76. The van der Waals surface area contributed by atoms with Crippen molar-refractivity contribution >= 4 is 21.7 Å². The maximum Gasteiger partial charge on any atom is 0.274 e. The average molecular weight is 391 g/mol. The van der Waals surface area contributed by atoms with E-state index in [0.717, 1.165) is 18.4 Å². The molecule has 1 aromatic carbocycles. The minimum Gasteiger partial charge on any atom is -0.368 e. The van der Waals surface area contributed by atoms with Crippen molar-refractivity contribution in [3.8, 4) is 0 Å². The number of anilines is 1. The number of aromatic nitrogens is 2. The van der Waals surface area contributed by atoms with Crippen LogP contribution in [0.25, 0.3) is 0 Å². The Morgan fingerprint density at radius 3 is 2.41 bits per heavy atom. The fourth-order valence-corrected chi connectivity index (χ4v) is 2.93. The highest BCUT2D eigenvalue weighted by Gasteiger charge is 2.13. The molecule has 2 aromatic rings. The summed E-state index contributed by atoms with van der Waals surface area (Å²) < 4.78 is 22.5. The third kappa shape index (κ3) is 6.30. The van der Waals surface area contributed by atoms with E-state index >= 15 is 0 Å². The quantitative estimate of drug-likeness (QED) is 0.671. The molecule has 0 radical (unpaired) electrons. The molecule has 0 aliphatic rings. The second-order valence-electron chi connectivity index (χ2n) is 6.25. The van der Waals surface area contributed by atoms with Gasteiger partial charge in [0.1, 0.15) is 5.82 Å². The molecule has 0 saturated carbocycles. The summed E-state index contributed by atoms with van der Waals surface area (Å²) in [6, 6.07) is 9.79. The van der Waals surface area contributed by atoms with Gasteiger partial charge in [-0.15, -0.1) is 10.2 Å². The summed E-state index contributed by atoms with van der Waals surface area (Å²) in [5.74, 6) is 0.432. The van der Waals surface area contributed by atoms with Crippen LogP contribution in [0.4, 0.5) is 5.82 Å². The van der Waals surface area contributed by atoms with Crippen LogP contribution in [-0.4, -0.2) is 49.6 Å². The first-order chi connectivity index (χ1) is 12.8. The Kier molecular flexibility index (Phi) is 7.26. The van der Waals surface area contributed by atoms with Gasteiger partial charge in [0, 0.05) is 20.1 Å². The van der Waals surface area contributed by atoms with Crippen molar-refractivity contribution in [1.29, 1.82) is 0 Å². The number of hydrogen-bond donors (Lipinski definition) is 2. The number of unbranched alkanes of at least 4 members (excludes halogenated alkanes) is 1. The minimum absolute atomic E-state index is 0.0919. The van der Waals surface area contributed by atoms with Crippen LogP contribution < -0.4 is 10.5 Å². The topological polar surface area (TPSA) is 118 Å². The molecule has 1 heterocycles. The fourth-order valence-electron chi connectivity index (χ4n) is 2.41. The van der Waals surface area contributed by atoms with Gasteiger partial charge in [-0.1, -0.05) is 25.5 Å². The molecule has 3 N–H and O–H groups in total. The number of carbonyl (C=O) groups is 1. The normalized spacial score (nSPS) is 11.2. The van der Waals surface area contributed by atoms with E-state index in [1.165, 1.54) is 12.1 Å². The van der Waals surface area contributed by atoms with Gasteiger partial charge in [-0.25, -0.2) is 13.6 Å². The van der Waals surface area contributed by atoms with Crippen LogP contribution in [0.2, 0.25) is 0 Å². The lowest BCUT2D eigenvalue weighted by Gasteiger charge is -2.15. The first-order valence-corrected chi connectivity index (χ1v) is 10.3. The van der Waals surface area contributed by atoms with Crippen molar-refractivity contribution in [1.82, 2.24) is 15.1 Å². The standard InChI is InChI=1S/C18H25N5O3S/c1-3-4-13-23(2)18(24)16-9-10-17(22-21-16)20-12-11-14-5-7-15(8-6-14)27(19,25)26/h5-10H,3-4,11-13H2,1-2H3,(H,20,22)(H2,19,25,26). The van der Waals surface area contributed by atoms with Crippen LogP contribution in [0.1, 0.15) is 35.8 Å². The Morgan fingerprint density at radius 1 is 1.15 bits per heavy atom. The van der Waals surface area contributed by atoms with Gasteiger partial charge in [-0.2, -0.15) is 0 Å². The van der Waals surface area contributed by atoms with E-state index in [2.05, 4.69) is 22.4 Å². The zero-order valence-corrected chi connectivity index (χ0v) is 16.4. The van der Waals surface area contributed by atoms with Crippen LogP contribution in [0, 0.1) is 0 Å². The summed E-state index contributed by atoms with van der Waals surface area (Å²) in [6.45, 7) is 3.36. The molecule has 1 amide bonds. The highest BCUT2D eigenvalue weighted by molar-refractivity contribution is 7.89. The molecule has 146 valence electrons. The molecule has 9 heteroatoms. The lowest BCUT2D eigenvalue weighted by molar-refractivity contribution is 0.0786. The molecule has 1 aromatic heterocycles. The van der Waals surface area contributed by atoms with Gasteiger partial charge in [-0.05, 0) is 42.7 Å². The number of amides is 1. The van der Waals surface area contributed by atoms with Crippen molar-refractivity contribution in [3.63, 3.8) is 0 Å². The Hall–Kier alpha value is -2.52. The number of primary sulfonamides is 1. The first kappa shape index (κ1) is 20.8. The van der Waals surface area contributed by atoms with Gasteiger partial charge in [0.25, 0.3) is 5.91 Å². The number of carbonyl (C=O) groups excluding carboxylic acids is 1. The summed E-state index contributed by atoms with van der Waals surface area (Å²) in [6.07, 6.45) is 2.65. The second kappa shape index (κ2) is 9.43. The van der Waals surface area contributed by atoms with Crippen LogP contribution in [0.3, 0.4) is 0 Å². The molecule has 0 aliphatic heterocycles. The van der Waals surface area contributed by atoms with Crippen molar-refractivity contribution in [2.75, 3.05) is 25.5 Å². The number of nitrogens with two attached hydrogens (primary N) is 1. The van der Waals surface area contributed by atoms with Crippen LogP contribution in [0.15, 0.2) is 41.3 Å². The molecule has 2 rings (SSSR count). The summed E-state index contributed by atoms with van der Waals surface area (Å²) in [4.78, 5) is 13.9. The third-order valence-corrected chi connectivity index (χ3v) is 4.98. The Balaban J connectivity index is 1.85. The second-order valence-corrected chi connectivity index (χ2v) is 7.81. The van der Waals surface area contributed by atoms with Gasteiger partial charge >= 0.3 is 0 Å². The lowest BCUT2D eigenvalue weighted by atomic mass is 10.1. The number of rotatable bonds is 9. The van der Waals surface area contributed by atoms with Gasteiger partial charge in [-0.3, -0.25) is 4.79 Å². The third-order valence-electron chi connectivity index (χ3n) is 4.05. The molecule has 27 heavy (non-hydrogen) atoms. The van der Waals surface area contributed by atoms with Gasteiger partial charge in [0.05, 0.1) is 4.90 Å². The van der Waals surface area contributed by atoms with E-state index < -0.39 is 10.0 Å². The van der Waals surface area contributed by atoms with Crippen molar-refractivity contribution < 1.29 is 13.2 Å². The lowest BCUT2D eigenvalue weighted by Crippen LogP contribution is -2.28. The molecular weight excluding hydrogens is 366 g/mol. The van der Waals surface area contributed by atoms with E-state index in [4.69, 9.17) is 5.14 Å². The number of benzene rings is 1. The molecule has 0 spiro atoms. The summed E-state index contributed by atoms with van der Waals surface area (Å²) >= 11 is 0. The van der Waals surface area contributed by atoms with E-state index in [-0.39, 0.29) is 10.8 Å². The SMILES string of the molecule is CCCCN(C)C(=O)c1ccc(NCCc2ccc(S(N)(=O)=O)cc2)nn1. The Bertz CT molecular complexity index is 852. The van der Waals surface area contributed by atoms with E-state index in [0.29, 0.717) is 31.0 Å². The highest BCUT2D eigenvalue weighted by atomic mass is 32.2. The smallest absolute Gasteiger partial charge is 0.274 e. The van der Waals surface area contributed by atoms with Crippen LogP contribution in [-0.2, 0) is 16.4 Å². The molecule has 0 saturated heterocycles. The fraction of sp³-hybridized carbons (Fsp3) is 0.389. The van der Waals surface area contributed by atoms with E-state index in [1.54, 1.807) is 36.2 Å². The molecule has 0 atom stereocenters. The largest absolute Gasteiger partial charge is 0.368 e. The number of nitrogens with zero attached hydrogens (tertiary/aromatic N) is 3. The summed E-state index contributed by atoms with van der Waals surface area (Å²) in [5, 5.41) is 16.2. The van der Waals surface area contributed by atoms with Crippen molar-refractivity contribution in [2.24, 2.45) is 5.14 Å². The summed E-state index contributed by atoms with van der Waals surface area (Å²) in [5.41, 5.74) is 1.28. The molecule has 0 aliphatic carbocycles. The predicted octanol–water partition coefficient (Wildman–Crippen LogP) is 1.65. The Labute approximate surface area is 159 Å². The maximum absolute atomic E-state index is 12.2. The zero-order valence-electron chi connectivity index (χ0n) is 15.6. The molecular formula is C18H25N5O3S. The molecule has 0 bridgehead atoms. The number of nitrogens with one attached hydrogen (secondary N) is 1. The van der Waals surface area contributed by atoms with Gasteiger partial charge in [0.2, 0.25) is 10.0 Å². The molecule has 8 nitrogen and oxygen atoms in total. The Morgan fingerprint density at radius 2 is 1.85 bits per heavy atom. The highest BCUT2D eigenvalue weighted by Crippen LogP contribution is 2.10. The maximum atomic E-state index is 12.2. The predicted molar refractivity (Wildman–Crippen MR) is 104 cm³/mol. The van der Waals surface area contributed by atoms with Crippen molar-refractivity contribution in [3.05, 3.63) is 47.7 Å². The summed E-state index contributed by atoms with van der Waals surface area (Å²) in [7, 11) is -1.91. The minimum atomic E-state index is -3.67. The van der Waals surface area contributed by atoms with Gasteiger partial charge < -0.3 is 10.2 Å². The van der Waals surface area contributed by atoms with Crippen LogP contribution >= 0.6 is 0 Å². The molecule has 0 fully saturated rings. The van der Waals surface area contributed by atoms with Crippen LogP contribution in [0.5, 0.6) is 0 Å². The number of sulfonamides is 1. The zero-order chi connectivity index (χ0) is 19.9. The van der Waals surface area contributed by atoms with E-state index in [1.807, 2.05) is 0 Å². The number of hydrogen-bond acceptors (Lipinski definition) is 6. The van der Waals surface area contributed by atoms with E-state index in [9.17, 15) is 13.2 Å². The average Bonchev–Trinajstić information content (AvgIpc) is 2.66. The van der Waals surface area contributed by atoms with Crippen molar-refractivity contribution in [2.45, 2.75) is 31.1 Å².